The van der Waals surface area contributed by atoms with Crippen molar-refractivity contribution in [3.05, 3.63) is 88.3 Å². The van der Waals surface area contributed by atoms with Crippen LogP contribution in [0.4, 0.5) is 4.79 Å². The van der Waals surface area contributed by atoms with E-state index in [-0.39, 0.29) is 10.5 Å². The molecule has 1 aliphatic heterocycles. The average molecular weight is 525 g/mol. The van der Waals surface area contributed by atoms with Gasteiger partial charge >= 0.3 is 6.09 Å². The summed E-state index contributed by atoms with van der Waals surface area (Å²) >= 11 is 0. The van der Waals surface area contributed by atoms with Gasteiger partial charge in [0.1, 0.15) is 11.4 Å². The van der Waals surface area contributed by atoms with Gasteiger partial charge in [-0.25, -0.2) is 13.2 Å². The van der Waals surface area contributed by atoms with Crippen LogP contribution in [0.2, 0.25) is 0 Å². The van der Waals surface area contributed by atoms with Crippen molar-refractivity contribution in [1.82, 2.24) is 9.47 Å². The summed E-state index contributed by atoms with van der Waals surface area (Å²) in [6.07, 6.45) is 3.57. The van der Waals surface area contributed by atoms with Crippen molar-refractivity contribution in [2.24, 2.45) is 5.92 Å². The Morgan fingerprint density at radius 3 is 2.27 bits per heavy atom. The number of pyridine rings is 1. The zero-order chi connectivity index (χ0) is 26.8. The van der Waals surface area contributed by atoms with Gasteiger partial charge in [-0.2, -0.15) is 0 Å². The third-order valence-electron chi connectivity index (χ3n) is 6.73. The summed E-state index contributed by atoms with van der Waals surface area (Å²) in [4.78, 5) is 26.2. The molecule has 0 aliphatic carbocycles. The number of hydrogen-bond acceptors (Lipinski definition) is 5. The first-order valence-corrected chi connectivity index (χ1v) is 14.2. The number of benzene rings is 2. The van der Waals surface area contributed by atoms with E-state index in [9.17, 15) is 23.1 Å². The van der Waals surface area contributed by atoms with Crippen molar-refractivity contribution in [3.63, 3.8) is 0 Å². The van der Waals surface area contributed by atoms with E-state index in [1.807, 2.05) is 18.2 Å². The Morgan fingerprint density at radius 1 is 1.05 bits per heavy atom. The molecule has 1 saturated heterocycles. The summed E-state index contributed by atoms with van der Waals surface area (Å²) in [6.45, 7) is 4.96. The average Bonchev–Trinajstić information content (AvgIpc) is 2.84. The zero-order valence-electron chi connectivity index (χ0n) is 21.3. The molecule has 0 unspecified atom stereocenters. The van der Waals surface area contributed by atoms with Crippen LogP contribution in [0.1, 0.15) is 37.8 Å². The lowest BCUT2D eigenvalue weighted by Gasteiger charge is -2.42. The second-order valence-electron chi connectivity index (χ2n) is 9.96. The number of amides is 1. The highest BCUT2D eigenvalue weighted by atomic mass is 32.2. The highest BCUT2D eigenvalue weighted by Gasteiger charge is 2.41. The standard InChI is InChI=1S/C28H32N2O6S/c1-20(2)18-21-6-4-5-7-25(21)28(13-16-29(17-14-28)27(32)33)36-23-12-15-30(26(31)19-23)22-8-10-24(11-9-22)37(3,34)35/h4-12,15,19-20H,13-14,16-18H2,1-3H3,(H,32,33). The van der Waals surface area contributed by atoms with Crippen LogP contribution in [0.3, 0.4) is 0 Å². The van der Waals surface area contributed by atoms with Gasteiger partial charge in [-0.05, 0) is 53.8 Å². The predicted molar refractivity (Wildman–Crippen MR) is 141 cm³/mol. The summed E-state index contributed by atoms with van der Waals surface area (Å²) < 4.78 is 31.5. The first-order chi connectivity index (χ1) is 17.5. The summed E-state index contributed by atoms with van der Waals surface area (Å²) in [5.74, 6) is 0.826. The molecule has 1 N–H and O–H groups in total. The molecule has 8 nitrogen and oxygen atoms in total. The molecule has 1 aromatic heterocycles. The van der Waals surface area contributed by atoms with Gasteiger partial charge < -0.3 is 14.7 Å². The Bertz CT molecular complexity index is 1440. The van der Waals surface area contributed by atoms with Crippen LogP contribution in [0.25, 0.3) is 5.69 Å². The van der Waals surface area contributed by atoms with Crippen LogP contribution < -0.4 is 10.3 Å². The molecule has 2 aromatic carbocycles. The lowest BCUT2D eigenvalue weighted by Crippen LogP contribution is -2.48. The maximum atomic E-state index is 13.0. The van der Waals surface area contributed by atoms with Gasteiger partial charge in [-0.1, -0.05) is 38.1 Å². The Balaban J connectivity index is 1.68. The van der Waals surface area contributed by atoms with Crippen LogP contribution in [-0.2, 0) is 21.9 Å². The van der Waals surface area contributed by atoms with Crippen LogP contribution in [0, 0.1) is 5.92 Å². The molecular weight excluding hydrogens is 492 g/mol. The van der Waals surface area contributed by atoms with Crippen molar-refractivity contribution in [1.29, 1.82) is 0 Å². The zero-order valence-corrected chi connectivity index (χ0v) is 22.1. The molecule has 37 heavy (non-hydrogen) atoms. The van der Waals surface area contributed by atoms with Gasteiger partial charge in [-0.3, -0.25) is 9.36 Å². The third kappa shape index (κ3) is 5.88. The largest absolute Gasteiger partial charge is 0.482 e. The number of sulfone groups is 1. The molecule has 9 heteroatoms. The molecule has 3 aromatic rings. The Labute approximate surface area is 217 Å². The predicted octanol–water partition coefficient (Wildman–Crippen LogP) is 4.49. The van der Waals surface area contributed by atoms with E-state index in [2.05, 4.69) is 19.9 Å². The van der Waals surface area contributed by atoms with Crippen molar-refractivity contribution < 1.29 is 23.1 Å². The fourth-order valence-corrected chi connectivity index (χ4v) is 5.52. The number of rotatable bonds is 7. The molecule has 4 rings (SSSR count). The maximum Gasteiger partial charge on any atom is 0.407 e. The fraction of sp³-hybridized carbons (Fsp3) is 0.357. The Hall–Kier alpha value is -3.59. The lowest BCUT2D eigenvalue weighted by atomic mass is 9.80. The van der Waals surface area contributed by atoms with Crippen LogP contribution in [0.5, 0.6) is 5.75 Å². The van der Waals surface area contributed by atoms with E-state index in [4.69, 9.17) is 4.74 Å². The highest BCUT2D eigenvalue weighted by Crippen LogP contribution is 2.40. The van der Waals surface area contributed by atoms with Crippen LogP contribution in [0.15, 0.2) is 76.6 Å². The van der Waals surface area contributed by atoms with Gasteiger partial charge in [0, 0.05) is 50.1 Å². The molecule has 0 radical (unpaired) electrons. The minimum atomic E-state index is -3.34. The van der Waals surface area contributed by atoms with Crippen LogP contribution in [-0.4, -0.2) is 48.4 Å². The molecule has 1 aliphatic rings. The smallest absolute Gasteiger partial charge is 0.407 e. The minimum Gasteiger partial charge on any atom is -0.482 e. The van der Waals surface area contributed by atoms with Gasteiger partial charge in [0.2, 0.25) is 0 Å². The fourth-order valence-electron chi connectivity index (χ4n) is 4.89. The van der Waals surface area contributed by atoms with Gasteiger partial charge in [0.25, 0.3) is 5.56 Å². The normalized spacial score (nSPS) is 15.5. The Kier molecular flexibility index (Phi) is 7.45. The van der Waals surface area contributed by atoms with Crippen LogP contribution >= 0.6 is 0 Å². The number of likely N-dealkylation sites (tertiary alicyclic amines) is 1. The monoisotopic (exact) mass is 524 g/mol. The van der Waals surface area contributed by atoms with Crippen molar-refractivity contribution in [2.45, 2.75) is 43.6 Å². The molecule has 1 fully saturated rings. The van der Waals surface area contributed by atoms with E-state index >= 15 is 0 Å². The first-order valence-electron chi connectivity index (χ1n) is 12.3. The molecule has 1 amide bonds. The second kappa shape index (κ2) is 10.4. The summed E-state index contributed by atoms with van der Waals surface area (Å²) in [7, 11) is -3.34. The van der Waals surface area contributed by atoms with Crippen molar-refractivity contribution in [2.75, 3.05) is 19.3 Å². The molecule has 0 atom stereocenters. The lowest BCUT2D eigenvalue weighted by molar-refractivity contribution is 0.000288. The number of piperidine rings is 1. The van der Waals surface area contributed by atoms with E-state index in [1.165, 1.54) is 27.7 Å². The molecule has 0 saturated carbocycles. The van der Waals surface area contributed by atoms with Gasteiger partial charge in [0.15, 0.2) is 9.84 Å². The Morgan fingerprint density at radius 2 is 1.70 bits per heavy atom. The third-order valence-corrected chi connectivity index (χ3v) is 7.85. The van der Waals surface area contributed by atoms with E-state index in [0.29, 0.717) is 43.3 Å². The van der Waals surface area contributed by atoms with E-state index < -0.39 is 21.5 Å². The second-order valence-corrected chi connectivity index (χ2v) is 12.0. The SMILES string of the molecule is CC(C)Cc1ccccc1C1(Oc2ccn(-c3ccc(S(C)(=O)=O)cc3)c(=O)c2)CCN(C(=O)O)CC1. The molecular formula is C28H32N2O6S. The highest BCUT2D eigenvalue weighted by molar-refractivity contribution is 7.90. The van der Waals surface area contributed by atoms with Crippen molar-refractivity contribution >= 4 is 15.9 Å². The van der Waals surface area contributed by atoms with Gasteiger partial charge in [-0.15, -0.1) is 0 Å². The quantitative estimate of drug-likeness (QED) is 0.488. The summed E-state index contributed by atoms with van der Waals surface area (Å²) in [5, 5.41) is 9.49. The van der Waals surface area contributed by atoms with E-state index in [0.717, 1.165) is 23.8 Å². The number of nitrogens with zero attached hydrogens (tertiary/aromatic N) is 2. The van der Waals surface area contributed by atoms with Crippen molar-refractivity contribution in [3.8, 4) is 11.4 Å². The maximum absolute atomic E-state index is 13.0. The number of carboxylic acid groups (broad SMARTS) is 1. The topological polar surface area (TPSA) is 106 Å². The minimum absolute atomic E-state index is 0.180. The number of hydrogen-bond donors (Lipinski definition) is 1. The summed E-state index contributed by atoms with van der Waals surface area (Å²) in [6, 6.07) is 17.3. The van der Waals surface area contributed by atoms with Gasteiger partial charge in [0.05, 0.1) is 4.90 Å². The number of ether oxygens (including phenoxy) is 1. The summed E-state index contributed by atoms with van der Waals surface area (Å²) in [5.41, 5.74) is 1.62. The number of aromatic nitrogens is 1. The molecule has 0 bridgehead atoms. The molecule has 196 valence electrons. The first kappa shape index (κ1) is 26.5. The molecule has 2 heterocycles. The number of carbonyl (C=O) groups is 1. The van der Waals surface area contributed by atoms with E-state index in [1.54, 1.807) is 24.4 Å². The molecule has 0 spiro atoms.